The van der Waals surface area contributed by atoms with Crippen LogP contribution in [-0.2, 0) is 0 Å². The molecule has 4 N–H and O–H groups in total. The molecular weight excluding hydrogens is 148 g/mol. The van der Waals surface area contributed by atoms with Crippen molar-refractivity contribution in [1.29, 1.82) is 0 Å². The summed E-state index contributed by atoms with van der Waals surface area (Å²) in [6.07, 6.45) is 0.326. The normalized spacial score (nSPS) is 12.5. The first-order valence-corrected chi connectivity index (χ1v) is 3.81. The number of aliphatic hydroxyl groups excluding tert-OH is 1. The molecule has 0 fully saturated rings. The third-order valence-corrected chi connectivity index (χ3v) is 1.56. The lowest BCUT2D eigenvalue weighted by Gasteiger charge is -2.22. The summed E-state index contributed by atoms with van der Waals surface area (Å²) in [4.78, 5) is 0. The van der Waals surface area contributed by atoms with Crippen molar-refractivity contribution in [2.24, 2.45) is 0 Å². The Labute approximate surface area is 66.1 Å². The highest BCUT2D eigenvalue weighted by Crippen LogP contribution is 2.14. The fourth-order valence-electron chi connectivity index (χ4n) is 0.764. The molecule has 0 amide bonds. The average molecular weight is 164 g/mol. The van der Waals surface area contributed by atoms with Gasteiger partial charge in [-0.1, -0.05) is 19.8 Å². The van der Waals surface area contributed by atoms with Crippen LogP contribution in [0.2, 0.25) is 0 Å². The molecule has 0 aromatic rings. The lowest BCUT2D eigenvalue weighted by Crippen LogP contribution is -2.41. The number of unbranched alkanes of at least 4 members (excludes halogenated alkanes) is 2. The monoisotopic (exact) mass is 164 g/mol. The molecule has 0 saturated heterocycles. The van der Waals surface area contributed by atoms with E-state index in [1.807, 2.05) is 6.92 Å². The van der Waals surface area contributed by atoms with Crippen molar-refractivity contribution in [1.82, 2.24) is 0 Å². The van der Waals surface area contributed by atoms with E-state index in [2.05, 4.69) is 0 Å². The number of rotatable bonds is 5. The molecule has 0 spiro atoms. The number of hydrogen-bond donors (Lipinski definition) is 4. The predicted molar refractivity (Wildman–Crippen MR) is 39.5 cm³/mol. The van der Waals surface area contributed by atoms with Gasteiger partial charge in [-0.2, -0.15) is 0 Å². The Morgan fingerprint density at radius 3 is 2.09 bits per heavy atom. The van der Waals surface area contributed by atoms with Crippen molar-refractivity contribution < 1.29 is 20.4 Å². The van der Waals surface area contributed by atoms with Crippen LogP contribution in [0.1, 0.15) is 32.6 Å². The topological polar surface area (TPSA) is 80.9 Å². The first-order chi connectivity index (χ1) is 5.00. The van der Waals surface area contributed by atoms with Crippen LogP contribution in [0, 0.1) is 0 Å². The Morgan fingerprint density at radius 2 is 1.73 bits per heavy atom. The largest absolute Gasteiger partial charge is 0.364 e. The number of hydrogen-bond acceptors (Lipinski definition) is 4. The van der Waals surface area contributed by atoms with Gasteiger partial charge in [-0.25, -0.2) is 0 Å². The molecule has 4 heteroatoms. The van der Waals surface area contributed by atoms with Crippen molar-refractivity contribution >= 4 is 0 Å². The van der Waals surface area contributed by atoms with Crippen LogP contribution in [-0.4, -0.2) is 32.5 Å². The van der Waals surface area contributed by atoms with Crippen molar-refractivity contribution in [2.75, 3.05) is 0 Å². The van der Waals surface area contributed by atoms with Gasteiger partial charge < -0.3 is 20.4 Å². The quantitative estimate of drug-likeness (QED) is 0.328. The maximum atomic E-state index is 8.87. The summed E-state index contributed by atoms with van der Waals surface area (Å²) in [5, 5.41) is 34.6. The van der Waals surface area contributed by atoms with E-state index < -0.39 is 12.1 Å². The molecule has 0 aliphatic rings. The van der Waals surface area contributed by atoms with Crippen molar-refractivity contribution in [2.45, 2.75) is 44.7 Å². The van der Waals surface area contributed by atoms with E-state index in [9.17, 15) is 0 Å². The second-order valence-electron chi connectivity index (χ2n) is 2.71. The Kier molecular flexibility index (Phi) is 4.60. The Morgan fingerprint density at radius 1 is 1.18 bits per heavy atom. The van der Waals surface area contributed by atoms with Gasteiger partial charge in [0.2, 0.25) is 12.1 Å². The SMILES string of the molecule is CCCCCC(O)(O)C(O)O. The third-order valence-electron chi connectivity index (χ3n) is 1.56. The number of aliphatic hydroxyl groups is 4. The average Bonchev–Trinajstić information content (AvgIpc) is 1.88. The minimum atomic E-state index is -2.34. The Hall–Kier alpha value is -0.160. The van der Waals surface area contributed by atoms with Crippen molar-refractivity contribution in [3.63, 3.8) is 0 Å². The lowest BCUT2D eigenvalue weighted by atomic mass is 10.1. The Balaban J connectivity index is 3.55. The minimum absolute atomic E-state index is 0.00148. The molecule has 4 nitrogen and oxygen atoms in total. The van der Waals surface area contributed by atoms with Gasteiger partial charge >= 0.3 is 0 Å². The zero-order valence-electron chi connectivity index (χ0n) is 6.69. The molecule has 0 aliphatic heterocycles. The standard InChI is InChI=1S/C7H16O4/c1-2-3-4-5-7(10,11)6(8)9/h6,8-11H,2-5H2,1H3. The molecule has 0 aliphatic carbocycles. The summed E-state index contributed by atoms with van der Waals surface area (Å²) < 4.78 is 0. The molecule has 11 heavy (non-hydrogen) atoms. The Bertz CT molecular complexity index is 101. The van der Waals surface area contributed by atoms with Gasteiger partial charge in [0.25, 0.3) is 0 Å². The molecule has 0 aromatic carbocycles. The highest BCUT2D eigenvalue weighted by molar-refractivity contribution is 4.65. The summed E-state index contributed by atoms with van der Waals surface area (Å²) in [6.45, 7) is 1.98. The van der Waals surface area contributed by atoms with Gasteiger partial charge in [0, 0.05) is 6.42 Å². The van der Waals surface area contributed by atoms with Crippen LogP contribution in [0.4, 0.5) is 0 Å². The smallest absolute Gasteiger partial charge is 0.215 e. The lowest BCUT2D eigenvalue weighted by molar-refractivity contribution is -0.292. The molecule has 0 radical (unpaired) electrons. The van der Waals surface area contributed by atoms with Gasteiger partial charge in [-0.3, -0.25) is 0 Å². The van der Waals surface area contributed by atoms with Crippen LogP contribution < -0.4 is 0 Å². The molecule has 0 heterocycles. The van der Waals surface area contributed by atoms with E-state index in [4.69, 9.17) is 20.4 Å². The van der Waals surface area contributed by atoms with E-state index in [1.54, 1.807) is 0 Å². The molecule has 0 atom stereocenters. The summed E-state index contributed by atoms with van der Waals surface area (Å²) >= 11 is 0. The fourth-order valence-corrected chi connectivity index (χ4v) is 0.764. The third kappa shape index (κ3) is 4.31. The van der Waals surface area contributed by atoms with E-state index >= 15 is 0 Å². The van der Waals surface area contributed by atoms with E-state index in [-0.39, 0.29) is 6.42 Å². The summed E-state index contributed by atoms with van der Waals surface area (Å²) in [5.74, 6) is -2.34. The van der Waals surface area contributed by atoms with E-state index in [1.165, 1.54) is 0 Å². The highest BCUT2D eigenvalue weighted by atomic mass is 16.6. The predicted octanol–water partition coefficient (Wildman–Crippen LogP) is -0.442. The van der Waals surface area contributed by atoms with Crippen LogP contribution in [0.3, 0.4) is 0 Å². The molecule has 0 rings (SSSR count). The van der Waals surface area contributed by atoms with Crippen LogP contribution in [0.25, 0.3) is 0 Å². The summed E-state index contributed by atoms with van der Waals surface area (Å²) in [7, 11) is 0. The van der Waals surface area contributed by atoms with E-state index in [0.29, 0.717) is 6.42 Å². The van der Waals surface area contributed by atoms with E-state index in [0.717, 1.165) is 12.8 Å². The summed E-state index contributed by atoms with van der Waals surface area (Å²) in [6, 6.07) is 0. The zero-order chi connectivity index (χ0) is 8.91. The maximum Gasteiger partial charge on any atom is 0.215 e. The molecule has 0 bridgehead atoms. The van der Waals surface area contributed by atoms with Crippen molar-refractivity contribution in [3.05, 3.63) is 0 Å². The van der Waals surface area contributed by atoms with Crippen LogP contribution >= 0.6 is 0 Å². The second kappa shape index (κ2) is 4.66. The maximum absolute atomic E-state index is 8.87. The molecule has 0 saturated carbocycles. The molecule has 68 valence electrons. The van der Waals surface area contributed by atoms with Gasteiger partial charge in [-0.05, 0) is 6.42 Å². The minimum Gasteiger partial charge on any atom is -0.364 e. The van der Waals surface area contributed by atoms with Crippen molar-refractivity contribution in [3.8, 4) is 0 Å². The van der Waals surface area contributed by atoms with Crippen LogP contribution in [0.5, 0.6) is 0 Å². The zero-order valence-corrected chi connectivity index (χ0v) is 6.69. The first-order valence-electron chi connectivity index (χ1n) is 3.81. The second-order valence-corrected chi connectivity index (χ2v) is 2.71. The van der Waals surface area contributed by atoms with Crippen LogP contribution in [0.15, 0.2) is 0 Å². The highest BCUT2D eigenvalue weighted by Gasteiger charge is 2.30. The van der Waals surface area contributed by atoms with Gasteiger partial charge in [0.1, 0.15) is 0 Å². The molecule has 0 unspecified atom stereocenters. The van der Waals surface area contributed by atoms with Gasteiger partial charge in [-0.15, -0.1) is 0 Å². The van der Waals surface area contributed by atoms with Gasteiger partial charge in [0.15, 0.2) is 0 Å². The fraction of sp³-hybridized carbons (Fsp3) is 1.00. The molecule has 0 aromatic heterocycles. The summed E-state index contributed by atoms with van der Waals surface area (Å²) in [5.41, 5.74) is 0. The van der Waals surface area contributed by atoms with Gasteiger partial charge in [0.05, 0.1) is 0 Å². The first kappa shape index (κ1) is 10.8. The molecular formula is C7H16O4.